The summed E-state index contributed by atoms with van der Waals surface area (Å²) in [5.74, 6) is 0. The SMILES string of the molecule is Cc1ccc([C@H](C)N[C@@H]2CCCC[C@H]2O)cc1. The molecule has 3 atom stereocenters. The van der Waals surface area contributed by atoms with E-state index in [0.29, 0.717) is 6.04 Å². The second-order valence-electron chi connectivity index (χ2n) is 5.26. The Kier molecular flexibility index (Phi) is 4.19. The van der Waals surface area contributed by atoms with Crippen LogP contribution < -0.4 is 5.32 Å². The lowest BCUT2D eigenvalue weighted by molar-refractivity contribution is 0.0860. The molecule has 1 aromatic rings. The van der Waals surface area contributed by atoms with Gasteiger partial charge in [-0.25, -0.2) is 0 Å². The fourth-order valence-corrected chi connectivity index (χ4v) is 2.58. The molecule has 2 rings (SSSR count). The van der Waals surface area contributed by atoms with Gasteiger partial charge in [0.15, 0.2) is 0 Å². The highest BCUT2D eigenvalue weighted by Crippen LogP contribution is 2.22. The number of aliphatic hydroxyl groups excluding tert-OH is 1. The lowest BCUT2D eigenvalue weighted by Gasteiger charge is -2.31. The average Bonchev–Trinajstić information content (AvgIpc) is 2.33. The predicted molar refractivity (Wildman–Crippen MR) is 71.0 cm³/mol. The molecule has 1 fully saturated rings. The third-order valence-electron chi connectivity index (χ3n) is 3.77. The highest BCUT2D eigenvalue weighted by Gasteiger charge is 2.24. The van der Waals surface area contributed by atoms with Crippen LogP contribution in [0.15, 0.2) is 24.3 Å². The van der Waals surface area contributed by atoms with E-state index < -0.39 is 0 Å². The summed E-state index contributed by atoms with van der Waals surface area (Å²) in [6, 6.07) is 9.20. The van der Waals surface area contributed by atoms with Crippen LogP contribution in [0.3, 0.4) is 0 Å². The first-order chi connectivity index (χ1) is 8.16. The highest BCUT2D eigenvalue weighted by atomic mass is 16.3. The summed E-state index contributed by atoms with van der Waals surface area (Å²) in [7, 11) is 0. The lowest BCUT2D eigenvalue weighted by atomic mass is 9.91. The van der Waals surface area contributed by atoms with Gasteiger partial charge in [-0.05, 0) is 32.3 Å². The molecule has 0 saturated heterocycles. The van der Waals surface area contributed by atoms with Gasteiger partial charge in [0.05, 0.1) is 6.10 Å². The Labute approximate surface area is 104 Å². The van der Waals surface area contributed by atoms with Crippen molar-refractivity contribution in [3.05, 3.63) is 35.4 Å². The van der Waals surface area contributed by atoms with Gasteiger partial charge in [0.25, 0.3) is 0 Å². The van der Waals surface area contributed by atoms with Crippen molar-refractivity contribution in [2.24, 2.45) is 0 Å². The molecule has 1 aliphatic rings. The van der Waals surface area contributed by atoms with E-state index in [2.05, 4.69) is 43.4 Å². The molecule has 94 valence electrons. The zero-order valence-electron chi connectivity index (χ0n) is 10.8. The van der Waals surface area contributed by atoms with Crippen LogP contribution in [-0.4, -0.2) is 17.3 Å². The zero-order valence-corrected chi connectivity index (χ0v) is 10.8. The van der Waals surface area contributed by atoms with Crippen LogP contribution in [0.2, 0.25) is 0 Å². The van der Waals surface area contributed by atoms with Crippen molar-refractivity contribution in [3.63, 3.8) is 0 Å². The number of hydrogen-bond donors (Lipinski definition) is 2. The number of aliphatic hydroxyl groups is 1. The van der Waals surface area contributed by atoms with Gasteiger partial charge in [-0.15, -0.1) is 0 Å². The Hall–Kier alpha value is -0.860. The molecule has 2 heteroatoms. The summed E-state index contributed by atoms with van der Waals surface area (Å²) in [5, 5.41) is 13.5. The van der Waals surface area contributed by atoms with E-state index in [1.54, 1.807) is 0 Å². The summed E-state index contributed by atoms with van der Waals surface area (Å²) in [6.45, 7) is 4.28. The van der Waals surface area contributed by atoms with Gasteiger partial charge in [0.2, 0.25) is 0 Å². The topological polar surface area (TPSA) is 32.3 Å². The van der Waals surface area contributed by atoms with Crippen molar-refractivity contribution in [3.8, 4) is 0 Å². The molecule has 1 aromatic carbocycles. The third kappa shape index (κ3) is 3.30. The summed E-state index contributed by atoms with van der Waals surface area (Å²) in [5.41, 5.74) is 2.59. The lowest BCUT2D eigenvalue weighted by Crippen LogP contribution is -2.43. The van der Waals surface area contributed by atoms with Crippen LogP contribution in [0.5, 0.6) is 0 Å². The Morgan fingerprint density at radius 3 is 2.47 bits per heavy atom. The zero-order chi connectivity index (χ0) is 12.3. The van der Waals surface area contributed by atoms with E-state index in [4.69, 9.17) is 0 Å². The van der Waals surface area contributed by atoms with Crippen LogP contribution in [0.25, 0.3) is 0 Å². The first kappa shape index (κ1) is 12.6. The van der Waals surface area contributed by atoms with E-state index in [1.165, 1.54) is 17.5 Å². The minimum absolute atomic E-state index is 0.170. The quantitative estimate of drug-likeness (QED) is 0.841. The molecule has 0 aliphatic heterocycles. The maximum Gasteiger partial charge on any atom is 0.0693 e. The van der Waals surface area contributed by atoms with Crippen LogP contribution in [0, 0.1) is 6.92 Å². The van der Waals surface area contributed by atoms with Crippen molar-refractivity contribution in [2.75, 3.05) is 0 Å². The molecular formula is C15H23NO. The van der Waals surface area contributed by atoms with Crippen molar-refractivity contribution in [1.29, 1.82) is 0 Å². The molecule has 0 amide bonds. The molecule has 0 radical (unpaired) electrons. The molecule has 0 spiro atoms. The van der Waals surface area contributed by atoms with E-state index in [-0.39, 0.29) is 12.1 Å². The van der Waals surface area contributed by atoms with E-state index in [1.807, 2.05) is 0 Å². The molecule has 2 N–H and O–H groups in total. The molecule has 0 heterocycles. The summed E-state index contributed by atoms with van der Waals surface area (Å²) >= 11 is 0. The van der Waals surface area contributed by atoms with Gasteiger partial charge in [0.1, 0.15) is 0 Å². The van der Waals surface area contributed by atoms with E-state index >= 15 is 0 Å². The molecule has 0 aromatic heterocycles. The van der Waals surface area contributed by atoms with Gasteiger partial charge in [0, 0.05) is 12.1 Å². The Morgan fingerprint density at radius 1 is 1.18 bits per heavy atom. The Balaban J connectivity index is 1.95. The van der Waals surface area contributed by atoms with Gasteiger partial charge in [-0.2, -0.15) is 0 Å². The van der Waals surface area contributed by atoms with Crippen LogP contribution >= 0.6 is 0 Å². The minimum Gasteiger partial charge on any atom is -0.392 e. The van der Waals surface area contributed by atoms with Crippen LogP contribution in [0.1, 0.15) is 49.8 Å². The summed E-state index contributed by atoms with van der Waals surface area (Å²) < 4.78 is 0. The van der Waals surface area contributed by atoms with Gasteiger partial charge >= 0.3 is 0 Å². The summed E-state index contributed by atoms with van der Waals surface area (Å²) in [6.07, 6.45) is 4.26. The maximum absolute atomic E-state index is 9.95. The van der Waals surface area contributed by atoms with Gasteiger partial charge in [-0.1, -0.05) is 42.7 Å². The minimum atomic E-state index is -0.170. The fraction of sp³-hybridized carbons (Fsp3) is 0.600. The van der Waals surface area contributed by atoms with Crippen molar-refractivity contribution >= 4 is 0 Å². The number of benzene rings is 1. The molecule has 0 bridgehead atoms. The molecule has 17 heavy (non-hydrogen) atoms. The summed E-state index contributed by atoms with van der Waals surface area (Å²) in [4.78, 5) is 0. The number of nitrogens with one attached hydrogen (secondary N) is 1. The van der Waals surface area contributed by atoms with Crippen molar-refractivity contribution in [2.45, 2.75) is 57.7 Å². The predicted octanol–water partition coefficient (Wildman–Crippen LogP) is 2.95. The number of hydrogen-bond acceptors (Lipinski definition) is 2. The van der Waals surface area contributed by atoms with E-state index in [9.17, 15) is 5.11 Å². The largest absolute Gasteiger partial charge is 0.392 e. The number of aryl methyl sites for hydroxylation is 1. The smallest absolute Gasteiger partial charge is 0.0693 e. The van der Waals surface area contributed by atoms with E-state index in [0.717, 1.165) is 19.3 Å². The van der Waals surface area contributed by atoms with Crippen LogP contribution in [0.4, 0.5) is 0 Å². The molecule has 1 saturated carbocycles. The fourth-order valence-electron chi connectivity index (χ4n) is 2.58. The van der Waals surface area contributed by atoms with Crippen LogP contribution in [-0.2, 0) is 0 Å². The first-order valence-electron chi connectivity index (χ1n) is 6.67. The maximum atomic E-state index is 9.95. The normalized spacial score (nSPS) is 26.8. The Bertz CT molecular complexity index is 346. The molecule has 1 aliphatic carbocycles. The van der Waals surface area contributed by atoms with Crippen molar-refractivity contribution in [1.82, 2.24) is 5.32 Å². The molecular weight excluding hydrogens is 210 g/mol. The monoisotopic (exact) mass is 233 g/mol. The second kappa shape index (κ2) is 5.65. The average molecular weight is 233 g/mol. The Morgan fingerprint density at radius 2 is 1.82 bits per heavy atom. The standard InChI is InChI=1S/C15H23NO/c1-11-7-9-13(10-8-11)12(2)16-14-5-3-4-6-15(14)17/h7-10,12,14-17H,3-6H2,1-2H3/t12-,14+,15+/m0/s1. The molecule has 2 nitrogen and oxygen atoms in total. The molecule has 0 unspecified atom stereocenters. The second-order valence-corrected chi connectivity index (χ2v) is 5.26. The van der Waals surface area contributed by atoms with Gasteiger partial charge in [-0.3, -0.25) is 0 Å². The third-order valence-corrected chi connectivity index (χ3v) is 3.77. The highest BCUT2D eigenvalue weighted by molar-refractivity contribution is 5.23. The van der Waals surface area contributed by atoms with Gasteiger partial charge < -0.3 is 10.4 Å². The van der Waals surface area contributed by atoms with Crippen molar-refractivity contribution < 1.29 is 5.11 Å². The first-order valence-corrected chi connectivity index (χ1v) is 6.67. The number of rotatable bonds is 3.